The van der Waals surface area contributed by atoms with Crippen molar-refractivity contribution in [3.8, 4) is 11.5 Å². The molecule has 2 aromatic heterocycles. The van der Waals surface area contributed by atoms with Crippen LogP contribution < -0.4 is 9.64 Å². The minimum atomic E-state index is -1.15. The molecule has 1 fully saturated rings. The maximum absolute atomic E-state index is 12.1. The fraction of sp³-hybridized carbons (Fsp3) is 0.429. The van der Waals surface area contributed by atoms with Crippen LogP contribution in [0.5, 0.6) is 11.5 Å². The maximum atomic E-state index is 12.1. The van der Waals surface area contributed by atoms with Gasteiger partial charge >= 0.3 is 5.97 Å². The van der Waals surface area contributed by atoms with Crippen molar-refractivity contribution in [3.05, 3.63) is 82.6 Å². The summed E-state index contributed by atoms with van der Waals surface area (Å²) in [6.45, 7) is 11.7. The monoisotopic (exact) mass is 646 g/mol. The molecule has 10 heteroatoms. The summed E-state index contributed by atoms with van der Waals surface area (Å²) in [4.78, 5) is 21.7. The lowest BCUT2D eigenvalue weighted by atomic mass is 9.97. The van der Waals surface area contributed by atoms with E-state index >= 15 is 0 Å². The first-order valence-corrected chi connectivity index (χ1v) is 20.1. The molecule has 1 saturated heterocycles. The Morgan fingerprint density at radius 2 is 1.89 bits per heavy atom. The largest absolute Gasteiger partial charge is 0.478 e. The summed E-state index contributed by atoms with van der Waals surface area (Å²) in [7, 11) is -1.15. The van der Waals surface area contributed by atoms with Gasteiger partial charge in [0.05, 0.1) is 6.20 Å². The van der Waals surface area contributed by atoms with Gasteiger partial charge in [0, 0.05) is 75.3 Å². The number of hydrogen-bond donors (Lipinski definition) is 1. The van der Waals surface area contributed by atoms with Gasteiger partial charge in [0.25, 0.3) is 0 Å². The van der Waals surface area contributed by atoms with Crippen molar-refractivity contribution in [1.29, 1.82) is 0 Å². The van der Waals surface area contributed by atoms with Crippen LogP contribution in [0.2, 0.25) is 30.7 Å². The summed E-state index contributed by atoms with van der Waals surface area (Å²) in [6, 6.07) is 17.1. The van der Waals surface area contributed by atoms with Gasteiger partial charge in [-0.15, -0.1) is 0 Å². The highest BCUT2D eigenvalue weighted by molar-refractivity contribution is 6.76. The molecular formula is C35H43ClN4O4Si. The van der Waals surface area contributed by atoms with Crippen molar-refractivity contribution in [3.63, 3.8) is 0 Å². The summed E-state index contributed by atoms with van der Waals surface area (Å²) >= 11 is 6.61. The molecule has 1 N–H and O–H groups in total. The molecule has 45 heavy (non-hydrogen) atoms. The summed E-state index contributed by atoms with van der Waals surface area (Å²) < 4.78 is 14.1. The number of pyridine rings is 1. The highest BCUT2D eigenvalue weighted by Crippen LogP contribution is 2.38. The molecule has 1 aliphatic carbocycles. The van der Waals surface area contributed by atoms with Gasteiger partial charge < -0.3 is 24.0 Å². The summed E-state index contributed by atoms with van der Waals surface area (Å²) in [5, 5.41) is 11.7. The van der Waals surface area contributed by atoms with Crippen molar-refractivity contribution in [2.24, 2.45) is 0 Å². The van der Waals surface area contributed by atoms with Crippen LogP contribution in [0.1, 0.15) is 46.8 Å². The average molecular weight is 647 g/mol. The van der Waals surface area contributed by atoms with Gasteiger partial charge in [-0.05, 0) is 66.8 Å². The predicted octanol–water partition coefficient (Wildman–Crippen LogP) is 8.08. The van der Waals surface area contributed by atoms with Crippen molar-refractivity contribution >= 4 is 42.4 Å². The Hall–Kier alpha value is -3.37. The molecule has 3 heterocycles. The second-order valence-electron chi connectivity index (χ2n) is 13.4. The fourth-order valence-electron chi connectivity index (χ4n) is 6.47. The number of halogens is 1. The first kappa shape index (κ1) is 31.6. The molecule has 8 nitrogen and oxygen atoms in total. The van der Waals surface area contributed by atoms with Crippen LogP contribution in [-0.2, 0) is 17.9 Å². The minimum absolute atomic E-state index is 0.123. The topological polar surface area (TPSA) is 80.1 Å². The highest BCUT2D eigenvalue weighted by Gasteiger charge is 2.29. The number of ether oxygens (including phenoxy) is 2. The molecule has 2 aliphatic rings. The van der Waals surface area contributed by atoms with Crippen molar-refractivity contribution in [2.45, 2.75) is 64.1 Å². The summed E-state index contributed by atoms with van der Waals surface area (Å²) in [6.07, 6.45) is 8.17. The third-order valence-corrected chi connectivity index (χ3v) is 11.1. The SMILES string of the molecule is C[Si](C)(C)CCOCn1ccc2cc(Oc3cc(N4CCN([C@H]5CCCCc6c(Cl)cccc65)CC4)ccc3C(=O)O)cnc21. The molecule has 1 aliphatic heterocycles. The van der Waals surface area contributed by atoms with Gasteiger partial charge in [-0.2, -0.15) is 0 Å². The van der Waals surface area contributed by atoms with Gasteiger partial charge in [0.2, 0.25) is 0 Å². The second kappa shape index (κ2) is 13.5. The van der Waals surface area contributed by atoms with Crippen molar-refractivity contribution < 1.29 is 19.4 Å². The highest BCUT2D eigenvalue weighted by atomic mass is 35.5. The molecule has 0 unspecified atom stereocenters. The smallest absolute Gasteiger partial charge is 0.339 e. The van der Waals surface area contributed by atoms with Crippen LogP contribution in [0.25, 0.3) is 11.0 Å². The number of benzene rings is 2. The zero-order chi connectivity index (χ0) is 31.6. The van der Waals surface area contributed by atoms with E-state index in [1.54, 1.807) is 12.3 Å². The van der Waals surface area contributed by atoms with E-state index in [0.717, 1.165) is 73.4 Å². The second-order valence-corrected chi connectivity index (χ2v) is 19.4. The van der Waals surface area contributed by atoms with Crippen LogP contribution in [0.15, 0.2) is 60.9 Å². The molecule has 6 rings (SSSR count). The lowest BCUT2D eigenvalue weighted by Crippen LogP contribution is -2.47. The molecule has 4 aromatic rings. The third kappa shape index (κ3) is 7.38. The summed E-state index contributed by atoms with van der Waals surface area (Å²) in [5.74, 6) is -0.220. The van der Waals surface area contributed by atoms with Crippen LogP contribution >= 0.6 is 11.6 Å². The molecule has 238 valence electrons. The van der Waals surface area contributed by atoms with Gasteiger partial charge in [0.15, 0.2) is 0 Å². The van der Waals surface area contributed by atoms with Gasteiger partial charge in [0.1, 0.15) is 29.4 Å². The molecule has 2 aromatic carbocycles. The number of carboxylic acids is 1. The van der Waals surface area contributed by atoms with E-state index in [4.69, 9.17) is 21.1 Å². The van der Waals surface area contributed by atoms with Crippen LogP contribution in [-0.4, -0.2) is 66.4 Å². The number of hydrogen-bond acceptors (Lipinski definition) is 6. The normalized spacial score (nSPS) is 17.7. The Balaban J connectivity index is 1.14. The first-order chi connectivity index (χ1) is 21.7. The molecule has 0 bridgehead atoms. The Morgan fingerprint density at radius 1 is 1.07 bits per heavy atom. The number of nitrogens with zero attached hydrogens (tertiary/aromatic N) is 4. The standard InChI is InChI=1S/C35H43ClN4O4Si/c1-45(2,3)20-19-43-24-40-14-13-25-21-27(23-37-34(25)40)44-33-22-26(11-12-30(33)35(41)42)38-15-17-39(18-16-38)32-10-5-4-7-28-29(32)8-6-9-31(28)36/h6,8-9,11-14,21-23,32H,4-5,7,10,15-20,24H2,1-3H3,(H,41,42)/t32-/m0/s1. The van der Waals surface area contributed by atoms with E-state index in [1.807, 2.05) is 41.1 Å². The van der Waals surface area contributed by atoms with E-state index in [1.165, 1.54) is 24.0 Å². The predicted molar refractivity (Wildman–Crippen MR) is 183 cm³/mol. The molecule has 0 radical (unpaired) electrons. The van der Waals surface area contributed by atoms with E-state index in [2.05, 4.69) is 46.6 Å². The van der Waals surface area contributed by atoms with Gasteiger partial charge in [-0.25, -0.2) is 9.78 Å². The summed E-state index contributed by atoms with van der Waals surface area (Å²) in [5.41, 5.74) is 4.57. The molecule has 0 amide bonds. The van der Waals surface area contributed by atoms with E-state index in [-0.39, 0.29) is 5.56 Å². The average Bonchev–Trinajstić information content (AvgIpc) is 3.28. The number of carbonyl (C=O) groups is 1. The Kier molecular flexibility index (Phi) is 9.51. The number of anilines is 1. The number of rotatable bonds is 10. The molecule has 0 spiro atoms. The zero-order valence-corrected chi connectivity index (χ0v) is 28.2. The van der Waals surface area contributed by atoms with Crippen molar-refractivity contribution in [2.75, 3.05) is 37.7 Å². The Labute approximate surface area is 271 Å². The number of aromatic nitrogens is 2. The lowest BCUT2D eigenvalue weighted by molar-refractivity contribution is 0.0694. The molecular weight excluding hydrogens is 604 g/mol. The zero-order valence-electron chi connectivity index (χ0n) is 26.5. The number of fused-ring (bicyclic) bond motifs is 2. The maximum Gasteiger partial charge on any atom is 0.339 e. The Bertz CT molecular complexity index is 1660. The quantitative estimate of drug-likeness (QED) is 0.106. The first-order valence-electron chi connectivity index (χ1n) is 16.0. The van der Waals surface area contributed by atoms with Crippen LogP contribution in [0, 0.1) is 0 Å². The number of aromatic carboxylic acids is 1. The van der Waals surface area contributed by atoms with E-state index in [9.17, 15) is 9.90 Å². The van der Waals surface area contributed by atoms with Crippen molar-refractivity contribution in [1.82, 2.24) is 14.5 Å². The van der Waals surface area contributed by atoms with Crippen LogP contribution in [0.4, 0.5) is 5.69 Å². The van der Waals surface area contributed by atoms with Gasteiger partial charge in [-0.1, -0.05) is 49.8 Å². The van der Waals surface area contributed by atoms with E-state index < -0.39 is 14.0 Å². The molecule has 0 saturated carbocycles. The fourth-order valence-corrected chi connectivity index (χ4v) is 7.51. The lowest BCUT2D eigenvalue weighted by Gasteiger charge is -2.40. The van der Waals surface area contributed by atoms with Gasteiger partial charge in [-0.3, -0.25) is 4.90 Å². The number of piperazine rings is 1. The van der Waals surface area contributed by atoms with E-state index in [0.29, 0.717) is 24.3 Å². The third-order valence-electron chi connectivity index (χ3n) is 9.01. The molecule has 1 atom stereocenters. The Morgan fingerprint density at radius 3 is 2.67 bits per heavy atom. The minimum Gasteiger partial charge on any atom is -0.478 e. The van der Waals surface area contributed by atoms with Crippen LogP contribution in [0.3, 0.4) is 0 Å². The number of carboxylic acid groups (broad SMARTS) is 1.